The van der Waals surface area contributed by atoms with Crippen LogP contribution < -0.4 is 4.74 Å². The van der Waals surface area contributed by atoms with Crippen LogP contribution in [0.25, 0.3) is 0 Å². The van der Waals surface area contributed by atoms with Crippen LogP contribution in [0.5, 0.6) is 5.75 Å². The number of amides is 1. The molecule has 1 fully saturated rings. The Morgan fingerprint density at radius 3 is 2.24 bits per heavy atom. The van der Waals surface area contributed by atoms with Crippen LogP contribution in [0.3, 0.4) is 0 Å². The normalized spacial score (nSPS) is 15.7. The van der Waals surface area contributed by atoms with Gasteiger partial charge in [0.1, 0.15) is 5.75 Å². The summed E-state index contributed by atoms with van der Waals surface area (Å²) in [6, 6.07) is 3.80. The highest BCUT2D eigenvalue weighted by atomic mass is 16.5. The third kappa shape index (κ3) is 4.21. The van der Waals surface area contributed by atoms with Crippen molar-refractivity contribution in [2.75, 3.05) is 19.7 Å². The number of hydrogen-bond acceptors (Lipinski definition) is 3. The second-order valence-corrected chi connectivity index (χ2v) is 5.80. The summed E-state index contributed by atoms with van der Waals surface area (Å²) in [6.07, 6.45) is 4.61. The van der Waals surface area contributed by atoms with Crippen molar-refractivity contribution >= 4 is 5.91 Å². The molecule has 4 nitrogen and oxygen atoms in total. The Bertz CT molecular complexity index is 468. The molecule has 0 spiro atoms. The van der Waals surface area contributed by atoms with Gasteiger partial charge >= 0.3 is 0 Å². The van der Waals surface area contributed by atoms with Gasteiger partial charge in [-0.05, 0) is 43.4 Å². The second-order valence-electron chi connectivity index (χ2n) is 5.80. The van der Waals surface area contributed by atoms with E-state index in [9.17, 15) is 9.90 Å². The Kier molecular flexibility index (Phi) is 5.62. The average molecular weight is 291 g/mol. The summed E-state index contributed by atoms with van der Waals surface area (Å²) in [4.78, 5) is 14.1. The highest BCUT2D eigenvalue weighted by molar-refractivity contribution is 5.77. The maximum Gasteiger partial charge on any atom is 0.260 e. The Morgan fingerprint density at radius 1 is 1.14 bits per heavy atom. The third-order valence-corrected chi connectivity index (χ3v) is 4.00. The molecule has 4 heteroatoms. The number of rotatable bonds is 4. The number of aliphatic hydroxyl groups is 1. The summed E-state index contributed by atoms with van der Waals surface area (Å²) in [5.41, 5.74) is 2.79. The lowest BCUT2D eigenvalue weighted by Gasteiger charge is -2.21. The number of ether oxygens (including phenoxy) is 1. The van der Waals surface area contributed by atoms with Gasteiger partial charge in [-0.3, -0.25) is 4.79 Å². The molecule has 116 valence electrons. The van der Waals surface area contributed by atoms with E-state index in [0.29, 0.717) is 0 Å². The van der Waals surface area contributed by atoms with E-state index in [2.05, 4.69) is 0 Å². The van der Waals surface area contributed by atoms with E-state index < -0.39 is 0 Å². The molecule has 1 amide bonds. The number of carbonyl (C=O) groups is 1. The smallest absolute Gasteiger partial charge is 0.260 e. The fourth-order valence-corrected chi connectivity index (χ4v) is 2.90. The van der Waals surface area contributed by atoms with E-state index >= 15 is 0 Å². The number of aliphatic hydroxyl groups excluding tert-OH is 1. The molecule has 1 aromatic carbocycles. The van der Waals surface area contributed by atoms with Crippen LogP contribution in [0.15, 0.2) is 12.1 Å². The van der Waals surface area contributed by atoms with Gasteiger partial charge in [0.05, 0.1) is 6.61 Å². The topological polar surface area (TPSA) is 49.8 Å². The van der Waals surface area contributed by atoms with Crippen LogP contribution in [0, 0.1) is 13.8 Å². The van der Waals surface area contributed by atoms with E-state index in [1.165, 1.54) is 12.8 Å². The van der Waals surface area contributed by atoms with E-state index in [1.54, 1.807) is 0 Å². The van der Waals surface area contributed by atoms with Gasteiger partial charge in [-0.1, -0.05) is 25.0 Å². The third-order valence-electron chi connectivity index (χ3n) is 4.00. The predicted octanol–water partition coefficient (Wildman–Crippen LogP) is 2.58. The molecule has 0 unspecified atom stereocenters. The van der Waals surface area contributed by atoms with Crippen LogP contribution in [0.1, 0.15) is 42.4 Å². The summed E-state index contributed by atoms with van der Waals surface area (Å²) in [5.74, 6) is 0.831. The quantitative estimate of drug-likeness (QED) is 0.927. The summed E-state index contributed by atoms with van der Waals surface area (Å²) >= 11 is 0. The molecule has 0 bridgehead atoms. The molecular weight excluding hydrogens is 266 g/mol. The molecule has 1 aliphatic heterocycles. The molecule has 0 atom stereocenters. The van der Waals surface area contributed by atoms with E-state index in [1.807, 2.05) is 30.9 Å². The van der Waals surface area contributed by atoms with Crippen molar-refractivity contribution < 1.29 is 14.6 Å². The Morgan fingerprint density at radius 2 is 1.71 bits per heavy atom. The first-order chi connectivity index (χ1) is 10.1. The monoisotopic (exact) mass is 291 g/mol. The highest BCUT2D eigenvalue weighted by Gasteiger charge is 2.17. The van der Waals surface area contributed by atoms with Crippen molar-refractivity contribution in [1.82, 2.24) is 4.90 Å². The van der Waals surface area contributed by atoms with Gasteiger partial charge in [-0.25, -0.2) is 0 Å². The SMILES string of the molecule is Cc1cc(CO)cc(C)c1OCC(=O)N1CCCCCC1. The molecule has 0 aromatic heterocycles. The van der Waals surface area contributed by atoms with Crippen LogP contribution in [0.2, 0.25) is 0 Å². The minimum absolute atomic E-state index is 0.0225. The zero-order chi connectivity index (χ0) is 15.2. The maximum absolute atomic E-state index is 12.2. The van der Waals surface area contributed by atoms with Gasteiger partial charge < -0.3 is 14.7 Å². The molecule has 1 aliphatic rings. The van der Waals surface area contributed by atoms with Crippen molar-refractivity contribution in [2.24, 2.45) is 0 Å². The van der Waals surface area contributed by atoms with Gasteiger partial charge in [-0.15, -0.1) is 0 Å². The van der Waals surface area contributed by atoms with Crippen molar-refractivity contribution in [2.45, 2.75) is 46.1 Å². The van der Waals surface area contributed by atoms with Crippen LogP contribution >= 0.6 is 0 Å². The zero-order valence-electron chi connectivity index (χ0n) is 13.0. The van der Waals surface area contributed by atoms with Crippen molar-refractivity contribution in [3.8, 4) is 5.75 Å². The van der Waals surface area contributed by atoms with E-state index in [0.717, 1.165) is 48.4 Å². The molecule has 1 saturated heterocycles. The van der Waals surface area contributed by atoms with Crippen molar-refractivity contribution in [3.05, 3.63) is 28.8 Å². The zero-order valence-corrected chi connectivity index (χ0v) is 13.0. The minimum Gasteiger partial charge on any atom is -0.483 e. The summed E-state index contributed by atoms with van der Waals surface area (Å²) in [6.45, 7) is 5.71. The first-order valence-corrected chi connectivity index (χ1v) is 7.73. The highest BCUT2D eigenvalue weighted by Crippen LogP contribution is 2.25. The van der Waals surface area contributed by atoms with Gasteiger partial charge in [0, 0.05) is 13.1 Å². The van der Waals surface area contributed by atoms with Crippen LogP contribution in [0.4, 0.5) is 0 Å². The number of hydrogen-bond donors (Lipinski definition) is 1. The van der Waals surface area contributed by atoms with Crippen LogP contribution in [-0.4, -0.2) is 35.6 Å². The molecule has 1 heterocycles. The Balaban J connectivity index is 1.97. The lowest BCUT2D eigenvalue weighted by Crippen LogP contribution is -2.35. The molecule has 0 saturated carbocycles. The number of nitrogens with zero attached hydrogens (tertiary/aromatic N) is 1. The predicted molar refractivity (Wildman–Crippen MR) is 82.4 cm³/mol. The molecule has 1 N–H and O–H groups in total. The van der Waals surface area contributed by atoms with Crippen LogP contribution in [-0.2, 0) is 11.4 Å². The fourth-order valence-electron chi connectivity index (χ4n) is 2.90. The minimum atomic E-state index is 0.0225. The molecule has 2 rings (SSSR count). The van der Waals surface area contributed by atoms with Crippen molar-refractivity contribution in [3.63, 3.8) is 0 Å². The number of carbonyl (C=O) groups excluding carboxylic acids is 1. The lowest BCUT2D eigenvalue weighted by atomic mass is 10.1. The fraction of sp³-hybridized carbons (Fsp3) is 0.588. The Hall–Kier alpha value is -1.55. The van der Waals surface area contributed by atoms with Gasteiger partial charge in [0.25, 0.3) is 5.91 Å². The lowest BCUT2D eigenvalue weighted by molar-refractivity contribution is -0.133. The molecular formula is C17H25NO3. The van der Waals surface area contributed by atoms with Crippen molar-refractivity contribution in [1.29, 1.82) is 0 Å². The molecule has 1 aromatic rings. The Labute approximate surface area is 126 Å². The molecule has 0 aliphatic carbocycles. The standard InChI is InChI=1S/C17H25NO3/c1-13-9-15(11-19)10-14(2)17(13)21-12-16(20)18-7-5-3-4-6-8-18/h9-10,19H,3-8,11-12H2,1-2H3. The van der Waals surface area contributed by atoms with E-state index in [4.69, 9.17) is 4.74 Å². The first kappa shape index (κ1) is 15.8. The van der Waals surface area contributed by atoms with Gasteiger partial charge in [-0.2, -0.15) is 0 Å². The largest absolute Gasteiger partial charge is 0.483 e. The maximum atomic E-state index is 12.2. The van der Waals surface area contributed by atoms with Gasteiger partial charge in [0.15, 0.2) is 6.61 Å². The summed E-state index contributed by atoms with van der Waals surface area (Å²) in [5, 5.41) is 9.19. The van der Waals surface area contributed by atoms with Gasteiger partial charge in [0.2, 0.25) is 0 Å². The molecule has 0 radical (unpaired) electrons. The average Bonchev–Trinajstić information content (AvgIpc) is 2.75. The second kappa shape index (κ2) is 7.46. The summed E-state index contributed by atoms with van der Waals surface area (Å²) in [7, 11) is 0. The number of aryl methyl sites for hydroxylation is 2. The summed E-state index contributed by atoms with van der Waals surface area (Å²) < 4.78 is 5.75. The number of benzene rings is 1. The van der Waals surface area contributed by atoms with E-state index in [-0.39, 0.29) is 19.1 Å². The number of likely N-dealkylation sites (tertiary alicyclic amines) is 1. The molecule has 21 heavy (non-hydrogen) atoms. The first-order valence-electron chi connectivity index (χ1n) is 7.73.